The molecule has 1 saturated heterocycles. The zero-order chi connectivity index (χ0) is 18.5. The summed E-state index contributed by atoms with van der Waals surface area (Å²) in [6.07, 6.45) is 4.33. The third-order valence-corrected chi connectivity index (χ3v) is 5.90. The average molecular weight is 378 g/mol. The molecule has 0 aliphatic carbocycles. The highest BCUT2D eigenvalue weighted by Gasteiger charge is 2.32. The molecule has 0 spiro atoms. The van der Waals surface area contributed by atoms with Crippen LogP contribution in [-0.2, 0) is 6.42 Å². The molecule has 0 saturated carbocycles. The van der Waals surface area contributed by atoms with Gasteiger partial charge in [0, 0.05) is 50.4 Å². The van der Waals surface area contributed by atoms with Gasteiger partial charge in [-0.25, -0.2) is 0 Å². The predicted molar refractivity (Wildman–Crippen MR) is 108 cm³/mol. The number of carbonyl (C=O) groups is 1. The number of nitrogens with zero attached hydrogens (tertiary/aromatic N) is 2. The fourth-order valence-electron chi connectivity index (χ4n) is 3.94. The Morgan fingerprint density at radius 2 is 2.27 bits per heavy atom. The molecule has 2 N–H and O–H groups in total. The van der Waals surface area contributed by atoms with Gasteiger partial charge in [0.05, 0.1) is 12.2 Å². The standard InChI is InChI=1S/C20H31N3O2S/c1-2-3-6-17-13-23(10-9-22(17)12-16(21)14-26)20(24)18-7-4-5-15-8-11-25-19(15)18/h4-5,7,16-17,26H,2-3,6,8-14,21H2,1H3/t16-,17+/m1/s1. The molecule has 0 aromatic heterocycles. The minimum Gasteiger partial charge on any atom is -0.492 e. The minimum absolute atomic E-state index is 0.0792. The SMILES string of the molecule is CCCC[C@H]1CN(C(=O)c2cccc3c2OCC3)CCN1C[C@@H](N)CS. The zero-order valence-corrected chi connectivity index (χ0v) is 16.6. The highest BCUT2D eigenvalue weighted by atomic mass is 32.1. The summed E-state index contributed by atoms with van der Waals surface area (Å²) in [5, 5.41) is 0. The van der Waals surface area contributed by atoms with Crippen LogP contribution in [0.1, 0.15) is 42.1 Å². The summed E-state index contributed by atoms with van der Waals surface area (Å²) in [5.74, 6) is 1.58. The maximum absolute atomic E-state index is 13.2. The van der Waals surface area contributed by atoms with Crippen molar-refractivity contribution in [2.24, 2.45) is 5.73 Å². The third-order valence-electron chi connectivity index (χ3n) is 5.43. The summed E-state index contributed by atoms with van der Waals surface area (Å²) < 4.78 is 5.74. The van der Waals surface area contributed by atoms with E-state index in [-0.39, 0.29) is 11.9 Å². The Balaban J connectivity index is 1.71. The van der Waals surface area contributed by atoms with E-state index in [9.17, 15) is 4.79 Å². The smallest absolute Gasteiger partial charge is 0.257 e. The molecule has 0 bridgehead atoms. The van der Waals surface area contributed by atoms with Crippen LogP contribution in [0.2, 0.25) is 0 Å². The van der Waals surface area contributed by atoms with Gasteiger partial charge in [0.15, 0.2) is 0 Å². The van der Waals surface area contributed by atoms with Crippen molar-refractivity contribution in [2.45, 2.75) is 44.7 Å². The first-order valence-electron chi connectivity index (χ1n) is 9.78. The number of benzene rings is 1. The molecule has 3 rings (SSSR count). The van der Waals surface area contributed by atoms with E-state index in [0.717, 1.165) is 62.3 Å². The van der Waals surface area contributed by atoms with Crippen LogP contribution in [0, 0.1) is 0 Å². The topological polar surface area (TPSA) is 58.8 Å². The lowest BCUT2D eigenvalue weighted by Crippen LogP contribution is -2.57. The van der Waals surface area contributed by atoms with Crippen LogP contribution >= 0.6 is 12.6 Å². The average Bonchev–Trinajstić information content (AvgIpc) is 3.15. The second-order valence-electron chi connectivity index (χ2n) is 7.38. The van der Waals surface area contributed by atoms with E-state index in [1.165, 1.54) is 6.42 Å². The van der Waals surface area contributed by atoms with Crippen LogP contribution < -0.4 is 10.5 Å². The number of fused-ring (bicyclic) bond motifs is 1. The maximum atomic E-state index is 13.2. The first-order chi connectivity index (χ1) is 12.6. The Morgan fingerprint density at radius 3 is 3.04 bits per heavy atom. The van der Waals surface area contributed by atoms with E-state index in [0.29, 0.717) is 18.4 Å². The summed E-state index contributed by atoms with van der Waals surface area (Å²) in [5.41, 5.74) is 7.99. The summed E-state index contributed by atoms with van der Waals surface area (Å²) in [6.45, 7) is 6.11. The van der Waals surface area contributed by atoms with Gasteiger partial charge < -0.3 is 15.4 Å². The predicted octanol–water partition coefficient (Wildman–Crippen LogP) is 2.20. The van der Waals surface area contributed by atoms with E-state index in [2.05, 4.69) is 30.5 Å². The van der Waals surface area contributed by atoms with E-state index >= 15 is 0 Å². The van der Waals surface area contributed by atoms with Crippen LogP contribution in [0.3, 0.4) is 0 Å². The molecule has 2 atom stereocenters. The first-order valence-corrected chi connectivity index (χ1v) is 10.4. The lowest BCUT2D eigenvalue weighted by atomic mass is 10.0. The van der Waals surface area contributed by atoms with E-state index in [4.69, 9.17) is 10.5 Å². The van der Waals surface area contributed by atoms with Gasteiger partial charge in [0.2, 0.25) is 0 Å². The number of unbranched alkanes of at least 4 members (excludes halogenated alkanes) is 1. The highest BCUT2D eigenvalue weighted by Crippen LogP contribution is 2.31. The van der Waals surface area contributed by atoms with Gasteiger partial charge in [-0.2, -0.15) is 12.6 Å². The molecule has 1 aromatic rings. The molecule has 1 fully saturated rings. The molecule has 0 unspecified atom stereocenters. The van der Waals surface area contributed by atoms with Gasteiger partial charge in [-0.1, -0.05) is 31.9 Å². The number of nitrogens with two attached hydrogens (primary N) is 1. The lowest BCUT2D eigenvalue weighted by Gasteiger charge is -2.42. The second kappa shape index (κ2) is 9.11. The van der Waals surface area contributed by atoms with E-state index < -0.39 is 0 Å². The number of carbonyl (C=O) groups excluding carboxylic acids is 1. The monoisotopic (exact) mass is 377 g/mol. The Kier molecular flexibility index (Phi) is 6.84. The first kappa shape index (κ1) is 19.5. The number of hydrogen-bond donors (Lipinski definition) is 2. The molecular formula is C20H31N3O2S. The van der Waals surface area contributed by atoms with Gasteiger partial charge in [-0.05, 0) is 18.1 Å². The van der Waals surface area contributed by atoms with Crippen molar-refractivity contribution in [3.05, 3.63) is 29.3 Å². The van der Waals surface area contributed by atoms with Gasteiger partial charge in [-0.3, -0.25) is 9.69 Å². The number of amides is 1. The van der Waals surface area contributed by atoms with Crippen molar-refractivity contribution in [2.75, 3.05) is 38.5 Å². The molecule has 2 heterocycles. The molecule has 2 aliphatic heterocycles. The van der Waals surface area contributed by atoms with Crippen LogP contribution in [-0.4, -0.2) is 66.3 Å². The van der Waals surface area contributed by atoms with E-state index in [1.807, 2.05) is 17.0 Å². The van der Waals surface area contributed by atoms with Crippen LogP contribution in [0.5, 0.6) is 5.75 Å². The zero-order valence-electron chi connectivity index (χ0n) is 15.7. The number of para-hydroxylation sites is 1. The van der Waals surface area contributed by atoms with Crippen molar-refractivity contribution in [1.82, 2.24) is 9.80 Å². The van der Waals surface area contributed by atoms with Gasteiger partial charge in [0.25, 0.3) is 5.91 Å². The molecule has 0 radical (unpaired) electrons. The van der Waals surface area contributed by atoms with Crippen molar-refractivity contribution >= 4 is 18.5 Å². The quantitative estimate of drug-likeness (QED) is 0.715. The molecule has 6 heteroatoms. The lowest BCUT2D eigenvalue weighted by molar-refractivity contribution is 0.0446. The Labute approximate surface area is 162 Å². The Hall–Kier alpha value is -1.24. The summed E-state index contributed by atoms with van der Waals surface area (Å²) in [6, 6.07) is 6.38. The highest BCUT2D eigenvalue weighted by molar-refractivity contribution is 7.80. The number of ether oxygens (including phenoxy) is 1. The Morgan fingerprint density at radius 1 is 1.42 bits per heavy atom. The van der Waals surface area contributed by atoms with Crippen LogP contribution in [0.25, 0.3) is 0 Å². The summed E-state index contributed by atoms with van der Waals surface area (Å²) in [7, 11) is 0. The fourth-order valence-corrected chi connectivity index (χ4v) is 4.06. The summed E-state index contributed by atoms with van der Waals surface area (Å²) >= 11 is 4.32. The second-order valence-corrected chi connectivity index (χ2v) is 7.74. The molecular weight excluding hydrogens is 346 g/mol. The van der Waals surface area contributed by atoms with E-state index in [1.54, 1.807) is 0 Å². The third kappa shape index (κ3) is 4.35. The molecule has 1 aromatic carbocycles. The number of thiol groups is 1. The largest absolute Gasteiger partial charge is 0.492 e. The molecule has 5 nitrogen and oxygen atoms in total. The van der Waals surface area contributed by atoms with Gasteiger partial charge in [-0.15, -0.1) is 0 Å². The van der Waals surface area contributed by atoms with Gasteiger partial charge >= 0.3 is 0 Å². The van der Waals surface area contributed by atoms with Gasteiger partial charge in [0.1, 0.15) is 5.75 Å². The molecule has 2 aliphatic rings. The van der Waals surface area contributed by atoms with Crippen molar-refractivity contribution in [3.63, 3.8) is 0 Å². The van der Waals surface area contributed by atoms with Crippen LogP contribution in [0.4, 0.5) is 0 Å². The number of piperazine rings is 1. The molecule has 1 amide bonds. The Bertz CT molecular complexity index is 625. The number of rotatable bonds is 7. The van der Waals surface area contributed by atoms with Crippen molar-refractivity contribution in [1.29, 1.82) is 0 Å². The maximum Gasteiger partial charge on any atom is 0.257 e. The molecule has 26 heavy (non-hydrogen) atoms. The fraction of sp³-hybridized carbons (Fsp3) is 0.650. The summed E-state index contributed by atoms with van der Waals surface area (Å²) in [4.78, 5) is 17.6. The van der Waals surface area contributed by atoms with Crippen molar-refractivity contribution in [3.8, 4) is 5.75 Å². The normalized spacial score (nSPS) is 21.3. The van der Waals surface area contributed by atoms with Crippen molar-refractivity contribution < 1.29 is 9.53 Å². The molecule has 144 valence electrons. The number of hydrogen-bond acceptors (Lipinski definition) is 5. The minimum atomic E-state index is 0.0792. The van der Waals surface area contributed by atoms with Crippen LogP contribution in [0.15, 0.2) is 18.2 Å².